The average molecular weight is 694 g/mol. The normalized spacial score (nSPS) is 14.1. The van der Waals surface area contributed by atoms with Gasteiger partial charge in [0.25, 0.3) is 0 Å². The molecule has 0 atom stereocenters. The third kappa shape index (κ3) is 3.28. The van der Waals surface area contributed by atoms with Crippen molar-refractivity contribution in [2.45, 2.75) is 13.8 Å². The average Bonchev–Trinajstić information content (AvgIpc) is 3.94. The van der Waals surface area contributed by atoms with Crippen molar-refractivity contribution in [3.8, 4) is 33.8 Å². The van der Waals surface area contributed by atoms with Crippen molar-refractivity contribution < 1.29 is 9.47 Å². The van der Waals surface area contributed by atoms with Crippen LogP contribution in [0.25, 0.3) is 65.9 Å². The highest BCUT2D eigenvalue weighted by atomic mass is 16.5. The van der Waals surface area contributed by atoms with Crippen LogP contribution < -0.4 is 30.0 Å². The van der Waals surface area contributed by atoms with Gasteiger partial charge in [0.15, 0.2) is 0 Å². The quantitative estimate of drug-likeness (QED) is 0.169. The van der Waals surface area contributed by atoms with E-state index in [0.717, 1.165) is 11.5 Å². The first kappa shape index (κ1) is 29.0. The van der Waals surface area contributed by atoms with Gasteiger partial charge in [0.05, 0.1) is 36.6 Å². The Morgan fingerprint density at radius 3 is 1.33 bits per heavy atom. The van der Waals surface area contributed by atoms with Crippen molar-refractivity contribution in [1.82, 2.24) is 8.96 Å². The van der Waals surface area contributed by atoms with Crippen molar-refractivity contribution in [1.29, 1.82) is 0 Å². The van der Waals surface area contributed by atoms with Gasteiger partial charge in [0.1, 0.15) is 11.5 Å². The molecule has 13 rings (SSSR count). The van der Waals surface area contributed by atoms with E-state index in [9.17, 15) is 0 Å². The highest BCUT2D eigenvalue weighted by molar-refractivity contribution is 6.85. The molecule has 0 fully saturated rings. The highest BCUT2D eigenvalue weighted by Crippen LogP contribution is 2.53. The Labute approximate surface area is 312 Å². The fourth-order valence-corrected chi connectivity index (χ4v) is 10.5. The third-order valence-electron chi connectivity index (χ3n) is 12.7. The van der Waals surface area contributed by atoms with Gasteiger partial charge in [0, 0.05) is 55.1 Å². The van der Waals surface area contributed by atoms with Crippen LogP contribution in [0, 0.1) is 13.8 Å². The largest absolute Gasteiger partial charge is 0.497 e. The molecule has 8 heteroatoms. The van der Waals surface area contributed by atoms with Crippen LogP contribution >= 0.6 is 0 Å². The highest BCUT2D eigenvalue weighted by Gasteiger charge is 2.49. The number of benzene rings is 7. The van der Waals surface area contributed by atoms with E-state index < -0.39 is 0 Å². The van der Waals surface area contributed by atoms with Crippen LogP contribution in [0.15, 0.2) is 121 Å². The maximum absolute atomic E-state index is 5.73. The Kier molecular flexibility index (Phi) is 5.21. The SMILES string of the molecule is COc1ccc2c(c1)c1cccc3c1n2B1c2cc4c(cc2-c2cc(C)ccc2N13)B1N(c2ccc(C)cc2-4)c2cccc3c4cc(OC)ccc4n1c23. The van der Waals surface area contributed by atoms with E-state index in [1.807, 2.05) is 0 Å². The Bertz CT molecular complexity index is 3000. The molecule has 7 aromatic carbocycles. The lowest BCUT2D eigenvalue weighted by molar-refractivity contribution is 0.415. The van der Waals surface area contributed by atoms with Gasteiger partial charge in [-0.25, -0.2) is 0 Å². The topological polar surface area (TPSA) is 34.8 Å². The van der Waals surface area contributed by atoms with Crippen molar-refractivity contribution in [3.05, 3.63) is 132 Å². The van der Waals surface area contributed by atoms with E-state index in [0.29, 0.717) is 0 Å². The molecule has 0 saturated heterocycles. The van der Waals surface area contributed by atoms with Crippen LogP contribution in [0.2, 0.25) is 0 Å². The number of rotatable bonds is 2. The molecule has 0 unspecified atom stereocenters. The molecule has 4 aliphatic rings. The van der Waals surface area contributed by atoms with Crippen LogP contribution in [-0.4, -0.2) is 37.1 Å². The number of hydrogen-bond acceptors (Lipinski definition) is 4. The summed E-state index contributed by atoms with van der Waals surface area (Å²) in [5.74, 6) is 1.75. The molecule has 254 valence electrons. The Morgan fingerprint density at radius 1 is 0.426 bits per heavy atom. The summed E-state index contributed by atoms with van der Waals surface area (Å²) in [6.07, 6.45) is 0. The number of anilines is 4. The van der Waals surface area contributed by atoms with Gasteiger partial charge in [-0.15, -0.1) is 0 Å². The van der Waals surface area contributed by atoms with E-state index in [2.05, 4.69) is 154 Å². The lowest BCUT2D eigenvalue weighted by Gasteiger charge is -2.39. The number of methoxy groups -OCH3 is 2. The van der Waals surface area contributed by atoms with Gasteiger partial charge in [-0.1, -0.05) is 59.7 Å². The molecule has 0 saturated carbocycles. The zero-order chi connectivity index (χ0) is 35.7. The van der Waals surface area contributed by atoms with Gasteiger partial charge in [-0.3, -0.25) is 0 Å². The van der Waals surface area contributed by atoms with Crippen molar-refractivity contribution in [3.63, 3.8) is 0 Å². The summed E-state index contributed by atoms with van der Waals surface area (Å²) < 4.78 is 16.6. The molecule has 0 spiro atoms. The molecular weight excluding hydrogens is 662 g/mol. The molecule has 0 bridgehead atoms. The van der Waals surface area contributed by atoms with Crippen LogP contribution in [0.3, 0.4) is 0 Å². The van der Waals surface area contributed by atoms with Crippen LogP contribution in [0.4, 0.5) is 22.7 Å². The molecule has 4 aliphatic heterocycles. The number of hydrogen-bond donors (Lipinski definition) is 0. The molecule has 9 aromatic rings. The number of aromatic nitrogens is 2. The zero-order valence-corrected chi connectivity index (χ0v) is 30.3. The summed E-state index contributed by atoms with van der Waals surface area (Å²) in [5.41, 5.74) is 20.3. The maximum Gasteiger partial charge on any atom is 0.421 e. The van der Waals surface area contributed by atoms with E-state index >= 15 is 0 Å². The minimum absolute atomic E-state index is 0.0510. The van der Waals surface area contributed by atoms with E-state index in [-0.39, 0.29) is 14.0 Å². The molecule has 0 amide bonds. The number of para-hydroxylation sites is 2. The first-order valence-electron chi connectivity index (χ1n) is 18.7. The zero-order valence-electron chi connectivity index (χ0n) is 30.3. The molecule has 6 heterocycles. The smallest absolute Gasteiger partial charge is 0.421 e. The molecule has 0 radical (unpaired) electrons. The second-order valence-corrected chi connectivity index (χ2v) is 15.4. The van der Waals surface area contributed by atoms with Crippen LogP contribution in [0.1, 0.15) is 11.1 Å². The fraction of sp³-hybridized carbons (Fsp3) is 0.0870. The first-order valence-corrected chi connectivity index (χ1v) is 18.7. The number of ether oxygens (including phenoxy) is 2. The lowest BCUT2D eigenvalue weighted by Crippen LogP contribution is -2.55. The fourth-order valence-electron chi connectivity index (χ4n) is 10.5. The summed E-state index contributed by atoms with van der Waals surface area (Å²) in [7, 11) is 3.50. The second kappa shape index (κ2) is 9.71. The minimum Gasteiger partial charge on any atom is -0.497 e. The monoisotopic (exact) mass is 694 g/mol. The van der Waals surface area contributed by atoms with E-state index in [1.54, 1.807) is 14.2 Å². The van der Waals surface area contributed by atoms with Crippen molar-refractivity contribution >= 4 is 91.3 Å². The van der Waals surface area contributed by atoms with Crippen molar-refractivity contribution in [2.24, 2.45) is 0 Å². The third-order valence-corrected chi connectivity index (χ3v) is 12.7. The van der Waals surface area contributed by atoms with Crippen LogP contribution in [0.5, 0.6) is 11.5 Å². The molecule has 0 aliphatic carbocycles. The maximum atomic E-state index is 5.73. The standard InChI is InChI=1S/C46H32B2N4O2/c1-25-11-15-39-33(19-25)31-23-38-32(24-37(31)47-49(39)43-9-5-7-29-35-21-27(53-3)13-17-41(35)51(47)45(29)43)34-20-26(2)12-16-40(34)50-44-10-6-8-30-36-22-28(54-4)14-18-42(36)52(46(30)44)48(38)50/h5-24H,1-4H3. The van der Waals surface area contributed by atoms with Crippen molar-refractivity contribution in [2.75, 3.05) is 23.8 Å². The van der Waals surface area contributed by atoms with Gasteiger partial charge < -0.3 is 28.1 Å². The number of fused-ring (bicyclic) bond motifs is 22. The predicted molar refractivity (Wildman–Crippen MR) is 225 cm³/mol. The van der Waals surface area contributed by atoms with Gasteiger partial charge >= 0.3 is 14.0 Å². The summed E-state index contributed by atoms with van der Waals surface area (Å²) in [5, 5.41) is 4.95. The van der Waals surface area contributed by atoms with Gasteiger partial charge in [0.2, 0.25) is 0 Å². The molecular formula is C46H32B2N4O2. The summed E-state index contributed by atoms with van der Waals surface area (Å²) >= 11 is 0. The van der Waals surface area contributed by atoms with Gasteiger partial charge in [-0.05, 0) is 109 Å². The van der Waals surface area contributed by atoms with E-state index in [1.165, 1.54) is 111 Å². The van der Waals surface area contributed by atoms with E-state index in [4.69, 9.17) is 9.47 Å². The summed E-state index contributed by atoms with van der Waals surface area (Å²) in [4.78, 5) is 5.17. The van der Waals surface area contributed by atoms with Gasteiger partial charge in [-0.2, -0.15) is 0 Å². The Morgan fingerprint density at radius 2 is 0.889 bits per heavy atom. The molecule has 54 heavy (non-hydrogen) atoms. The summed E-state index contributed by atoms with van der Waals surface area (Å²) in [6, 6.07) is 45.7. The predicted octanol–water partition coefficient (Wildman–Crippen LogP) is 9.29. The second-order valence-electron chi connectivity index (χ2n) is 15.4. The minimum atomic E-state index is -0.0510. The lowest BCUT2D eigenvalue weighted by atomic mass is 9.54. The Hall–Kier alpha value is -6.53. The van der Waals surface area contributed by atoms with Crippen LogP contribution in [-0.2, 0) is 0 Å². The molecule has 0 N–H and O–H groups in total. The first-order chi connectivity index (χ1) is 26.5. The number of nitrogens with zero attached hydrogens (tertiary/aromatic N) is 4. The molecule has 2 aromatic heterocycles. The number of aryl methyl sites for hydroxylation is 2. The Balaban J connectivity index is 1.15. The molecule has 6 nitrogen and oxygen atoms in total. The summed E-state index contributed by atoms with van der Waals surface area (Å²) in [6.45, 7) is 4.32.